The number of fused-ring (bicyclic) bond motifs is 3. The smallest absolute Gasteiger partial charge is 0.164 e. The van der Waals surface area contributed by atoms with E-state index in [0.717, 1.165) is 88.7 Å². The zero-order valence-electron chi connectivity index (χ0n) is 36.4. The number of para-hydroxylation sites is 1. The number of furan rings is 1. The van der Waals surface area contributed by atoms with Crippen molar-refractivity contribution < 1.29 is 4.42 Å². The molecule has 0 spiro atoms. The predicted octanol–water partition coefficient (Wildman–Crippen LogP) is 16.8. The van der Waals surface area contributed by atoms with Crippen LogP contribution in [0, 0.1) is 0 Å². The Kier molecular flexibility index (Phi) is 10.2. The van der Waals surface area contributed by atoms with Crippen LogP contribution in [0.4, 0.5) is 0 Å². The van der Waals surface area contributed by atoms with Gasteiger partial charge in [0, 0.05) is 33.0 Å². The Morgan fingerprint density at radius 2 is 0.612 bits per heavy atom. The molecule has 2 heterocycles. The predicted molar refractivity (Wildman–Crippen MR) is 276 cm³/mol. The molecule has 314 valence electrons. The zero-order chi connectivity index (χ0) is 44.5. The third-order valence-electron chi connectivity index (χ3n) is 12.6. The van der Waals surface area contributed by atoms with Crippen molar-refractivity contribution in [3.8, 4) is 101 Å². The minimum absolute atomic E-state index is 0.569. The summed E-state index contributed by atoms with van der Waals surface area (Å²) in [6, 6.07) is 87.0. The summed E-state index contributed by atoms with van der Waals surface area (Å²) in [6.45, 7) is 0. The summed E-state index contributed by atoms with van der Waals surface area (Å²) in [6.07, 6.45) is 0. The zero-order valence-corrected chi connectivity index (χ0v) is 36.4. The summed E-state index contributed by atoms with van der Waals surface area (Å²) in [5, 5.41) is 1.95. The number of aromatic nitrogens is 3. The minimum Gasteiger partial charge on any atom is -0.455 e. The van der Waals surface area contributed by atoms with Crippen molar-refractivity contribution in [1.82, 2.24) is 15.0 Å². The summed E-state index contributed by atoms with van der Waals surface area (Å²) < 4.78 is 6.82. The second-order valence-corrected chi connectivity index (χ2v) is 16.8. The van der Waals surface area contributed by atoms with Gasteiger partial charge in [-0.15, -0.1) is 0 Å². The Bertz CT molecular complexity index is 3640. The first-order valence-corrected chi connectivity index (χ1v) is 22.6. The molecule has 4 heteroatoms. The van der Waals surface area contributed by atoms with Gasteiger partial charge in [-0.05, 0) is 91.5 Å². The SMILES string of the molecule is c1ccc(-c2ccc(-c3nc(-c4cc(-c5ccccc5)cc(-c5ccccc5)c4)nc(-c4cccc5oc6c(-c7ccc(-c8cccc(-c9ccccc9)c8)cc7)cccc6c45)n3)cc2)cc1. The van der Waals surface area contributed by atoms with Crippen LogP contribution in [0.3, 0.4) is 0 Å². The largest absolute Gasteiger partial charge is 0.455 e. The molecule has 0 unspecified atom stereocenters. The number of hydrogen-bond acceptors (Lipinski definition) is 4. The molecular weight excluding hydrogens is 815 g/mol. The van der Waals surface area contributed by atoms with Gasteiger partial charge in [0.05, 0.1) is 0 Å². The van der Waals surface area contributed by atoms with Crippen LogP contribution < -0.4 is 0 Å². The second kappa shape index (κ2) is 17.2. The summed E-state index contributed by atoms with van der Waals surface area (Å²) in [4.78, 5) is 15.9. The summed E-state index contributed by atoms with van der Waals surface area (Å²) in [5.74, 6) is 1.74. The monoisotopic (exact) mass is 855 g/mol. The fraction of sp³-hybridized carbons (Fsp3) is 0. The van der Waals surface area contributed by atoms with Crippen LogP contribution >= 0.6 is 0 Å². The third kappa shape index (κ3) is 7.77. The van der Waals surface area contributed by atoms with Crippen molar-refractivity contribution in [2.45, 2.75) is 0 Å². The highest BCUT2D eigenvalue weighted by atomic mass is 16.3. The van der Waals surface area contributed by atoms with Crippen molar-refractivity contribution in [1.29, 1.82) is 0 Å². The molecule has 4 nitrogen and oxygen atoms in total. The van der Waals surface area contributed by atoms with Gasteiger partial charge in [-0.1, -0.05) is 218 Å². The molecule has 0 radical (unpaired) electrons. The third-order valence-corrected chi connectivity index (χ3v) is 12.6. The van der Waals surface area contributed by atoms with E-state index in [1.807, 2.05) is 30.3 Å². The molecule has 0 saturated carbocycles. The quantitative estimate of drug-likeness (QED) is 0.145. The van der Waals surface area contributed by atoms with Crippen molar-refractivity contribution in [2.75, 3.05) is 0 Å². The number of benzene rings is 10. The van der Waals surface area contributed by atoms with E-state index in [0.29, 0.717) is 17.5 Å². The molecule has 0 amide bonds. The first kappa shape index (κ1) is 39.6. The lowest BCUT2D eigenvalue weighted by Crippen LogP contribution is -2.01. The van der Waals surface area contributed by atoms with E-state index in [4.69, 9.17) is 19.4 Å². The minimum atomic E-state index is 0.569. The van der Waals surface area contributed by atoms with Crippen LogP contribution in [0.2, 0.25) is 0 Å². The molecule has 0 bridgehead atoms. The highest BCUT2D eigenvalue weighted by Crippen LogP contribution is 2.41. The van der Waals surface area contributed by atoms with Gasteiger partial charge < -0.3 is 4.42 Å². The molecule has 0 aliphatic heterocycles. The van der Waals surface area contributed by atoms with Crippen LogP contribution in [0.25, 0.3) is 123 Å². The molecule has 10 aromatic carbocycles. The molecule has 0 N–H and O–H groups in total. The van der Waals surface area contributed by atoms with Crippen molar-refractivity contribution in [3.63, 3.8) is 0 Å². The number of hydrogen-bond donors (Lipinski definition) is 0. The van der Waals surface area contributed by atoms with Crippen molar-refractivity contribution in [2.24, 2.45) is 0 Å². The van der Waals surface area contributed by atoms with Gasteiger partial charge in [-0.2, -0.15) is 0 Å². The number of rotatable bonds is 9. The van der Waals surface area contributed by atoms with Gasteiger partial charge in [0.1, 0.15) is 11.2 Å². The van der Waals surface area contributed by atoms with E-state index in [9.17, 15) is 0 Å². The van der Waals surface area contributed by atoms with Crippen molar-refractivity contribution in [3.05, 3.63) is 249 Å². The fourth-order valence-corrected chi connectivity index (χ4v) is 9.16. The van der Waals surface area contributed by atoms with Crippen molar-refractivity contribution >= 4 is 21.9 Å². The standard InChI is InChI=1S/C63H41N3O/c1-5-16-42(17-6-1)46-32-36-49(37-33-46)61-64-62(54-40-52(44-20-9-3-10-21-44)39-53(41-54)45-22-11-4-12-23-45)66-63(65-61)57-28-15-29-58-59(57)56-27-14-26-55(60(56)67-58)48-34-30-47(31-35-48)51-25-13-24-50(38-51)43-18-7-2-8-19-43/h1-41H. The molecule has 0 aliphatic rings. The van der Waals surface area contributed by atoms with Crippen LogP contribution in [0.1, 0.15) is 0 Å². The van der Waals surface area contributed by atoms with E-state index in [1.54, 1.807) is 0 Å². The van der Waals surface area contributed by atoms with E-state index in [1.165, 1.54) is 16.7 Å². The van der Waals surface area contributed by atoms with Gasteiger partial charge in [-0.3, -0.25) is 0 Å². The maximum atomic E-state index is 6.82. The molecular formula is C63H41N3O. The van der Waals surface area contributed by atoms with E-state index >= 15 is 0 Å². The maximum absolute atomic E-state index is 6.82. The van der Waals surface area contributed by atoms with Gasteiger partial charge >= 0.3 is 0 Å². The molecule has 12 aromatic rings. The Morgan fingerprint density at radius 3 is 1.19 bits per heavy atom. The lowest BCUT2D eigenvalue weighted by molar-refractivity contribution is 0.670. The Morgan fingerprint density at radius 1 is 0.239 bits per heavy atom. The number of nitrogens with zero attached hydrogens (tertiary/aromatic N) is 3. The average molecular weight is 856 g/mol. The molecule has 0 saturated heterocycles. The van der Waals surface area contributed by atoms with Crippen LogP contribution in [-0.2, 0) is 0 Å². The molecule has 0 aliphatic carbocycles. The first-order chi connectivity index (χ1) is 33.2. The Labute approximate surface area is 389 Å². The topological polar surface area (TPSA) is 51.8 Å². The molecule has 0 fully saturated rings. The normalized spacial score (nSPS) is 11.3. The lowest BCUT2D eigenvalue weighted by Gasteiger charge is -2.13. The molecule has 0 atom stereocenters. The molecule has 67 heavy (non-hydrogen) atoms. The Hall–Kier alpha value is -8.99. The first-order valence-electron chi connectivity index (χ1n) is 22.6. The van der Waals surface area contributed by atoms with Crippen LogP contribution in [-0.4, -0.2) is 15.0 Å². The lowest BCUT2D eigenvalue weighted by atomic mass is 9.95. The summed E-state index contributed by atoms with van der Waals surface area (Å²) in [7, 11) is 0. The van der Waals surface area contributed by atoms with Gasteiger partial charge in [-0.25, -0.2) is 15.0 Å². The van der Waals surface area contributed by atoms with Gasteiger partial charge in [0.2, 0.25) is 0 Å². The highest BCUT2D eigenvalue weighted by molar-refractivity contribution is 6.15. The molecule has 2 aromatic heterocycles. The highest BCUT2D eigenvalue weighted by Gasteiger charge is 2.21. The van der Waals surface area contributed by atoms with E-state index in [2.05, 4.69) is 218 Å². The fourth-order valence-electron chi connectivity index (χ4n) is 9.16. The van der Waals surface area contributed by atoms with Crippen LogP contribution in [0.15, 0.2) is 253 Å². The van der Waals surface area contributed by atoms with Gasteiger partial charge in [0.15, 0.2) is 17.5 Å². The van der Waals surface area contributed by atoms with Crippen LogP contribution in [0.5, 0.6) is 0 Å². The van der Waals surface area contributed by atoms with Gasteiger partial charge in [0.25, 0.3) is 0 Å². The van der Waals surface area contributed by atoms with E-state index < -0.39 is 0 Å². The Balaban J connectivity index is 0.994. The maximum Gasteiger partial charge on any atom is 0.164 e. The van der Waals surface area contributed by atoms with E-state index in [-0.39, 0.29) is 0 Å². The summed E-state index contributed by atoms with van der Waals surface area (Å²) >= 11 is 0. The average Bonchev–Trinajstić information content (AvgIpc) is 3.81. The summed E-state index contributed by atoms with van der Waals surface area (Å²) in [5.41, 5.74) is 17.7. The second-order valence-electron chi connectivity index (χ2n) is 16.8. The molecule has 12 rings (SSSR count).